The number of halogens is 2. The van der Waals surface area contributed by atoms with Crippen LogP contribution in [0.3, 0.4) is 0 Å². The van der Waals surface area contributed by atoms with Crippen LogP contribution in [0.2, 0.25) is 5.02 Å². The van der Waals surface area contributed by atoms with E-state index in [2.05, 4.69) is 0 Å². The number of aryl methyl sites for hydroxylation is 1. The molecule has 1 aromatic carbocycles. The zero-order valence-corrected chi connectivity index (χ0v) is 8.18. The highest BCUT2D eigenvalue weighted by Crippen LogP contribution is 2.26. The van der Waals surface area contributed by atoms with Crippen molar-refractivity contribution in [3.8, 4) is 0 Å². The molecule has 0 heterocycles. The van der Waals surface area contributed by atoms with Crippen LogP contribution in [-0.4, -0.2) is 11.1 Å². The second-order valence-electron chi connectivity index (χ2n) is 2.91. The third-order valence-electron chi connectivity index (χ3n) is 1.90. The highest BCUT2D eigenvalue weighted by molar-refractivity contribution is 6.31. The Balaban J connectivity index is 3.32. The van der Waals surface area contributed by atoms with Gasteiger partial charge in [0.25, 0.3) is 0 Å². The molecule has 0 spiro atoms. The first-order valence-electron chi connectivity index (χ1n) is 3.88. The number of carboxylic acids is 1. The van der Waals surface area contributed by atoms with E-state index in [0.29, 0.717) is 5.56 Å². The minimum atomic E-state index is -1.43. The minimum Gasteiger partial charge on any atom is -0.480 e. The fraction of sp³-hybridized carbons (Fsp3) is 0.222. The van der Waals surface area contributed by atoms with Gasteiger partial charge in [0.05, 0.1) is 0 Å². The standard InChI is InChI=1S/C9H9ClFNO2/c1-4-2-3-5(10)6(7(4)11)8(12)9(13)14/h2-3,8H,12H2,1H3,(H,13,14)/t8-/m0/s1. The van der Waals surface area contributed by atoms with Gasteiger partial charge in [0, 0.05) is 10.6 Å². The molecule has 1 aromatic rings. The van der Waals surface area contributed by atoms with Gasteiger partial charge in [-0.05, 0) is 18.6 Å². The molecular weight excluding hydrogens is 209 g/mol. The molecule has 3 nitrogen and oxygen atoms in total. The fourth-order valence-corrected chi connectivity index (χ4v) is 1.35. The summed E-state index contributed by atoms with van der Waals surface area (Å²) in [5, 5.41) is 8.66. The van der Waals surface area contributed by atoms with Gasteiger partial charge in [0.1, 0.15) is 11.9 Å². The first-order valence-corrected chi connectivity index (χ1v) is 4.26. The molecule has 0 aromatic heterocycles. The number of hydrogen-bond acceptors (Lipinski definition) is 2. The summed E-state index contributed by atoms with van der Waals surface area (Å²) in [6, 6.07) is 1.47. The summed E-state index contributed by atoms with van der Waals surface area (Å²) in [4.78, 5) is 10.6. The molecular formula is C9H9ClFNO2. The van der Waals surface area contributed by atoms with Crippen molar-refractivity contribution < 1.29 is 14.3 Å². The average molecular weight is 218 g/mol. The molecule has 0 radical (unpaired) electrons. The Bertz CT molecular complexity index is 381. The molecule has 0 aliphatic heterocycles. The third kappa shape index (κ3) is 1.86. The van der Waals surface area contributed by atoms with Gasteiger partial charge in [-0.3, -0.25) is 4.79 Å². The lowest BCUT2D eigenvalue weighted by Crippen LogP contribution is -2.22. The van der Waals surface area contributed by atoms with Crippen molar-refractivity contribution in [1.82, 2.24) is 0 Å². The van der Waals surface area contributed by atoms with Crippen molar-refractivity contribution in [2.75, 3.05) is 0 Å². The summed E-state index contributed by atoms with van der Waals surface area (Å²) in [6.07, 6.45) is 0. The van der Waals surface area contributed by atoms with Crippen molar-refractivity contribution in [1.29, 1.82) is 0 Å². The van der Waals surface area contributed by atoms with Gasteiger partial charge in [0.15, 0.2) is 0 Å². The van der Waals surface area contributed by atoms with Gasteiger partial charge in [0.2, 0.25) is 0 Å². The average Bonchev–Trinajstić information content (AvgIpc) is 2.12. The van der Waals surface area contributed by atoms with Gasteiger partial charge in [-0.2, -0.15) is 0 Å². The highest BCUT2D eigenvalue weighted by Gasteiger charge is 2.22. The van der Waals surface area contributed by atoms with Crippen LogP contribution >= 0.6 is 11.6 Å². The number of aliphatic carboxylic acids is 1. The number of carboxylic acid groups (broad SMARTS) is 1. The Hall–Kier alpha value is -1.13. The molecule has 0 amide bonds. The SMILES string of the molecule is Cc1ccc(Cl)c([C@H](N)C(=O)O)c1F. The lowest BCUT2D eigenvalue weighted by molar-refractivity contribution is -0.138. The molecule has 5 heteroatoms. The van der Waals surface area contributed by atoms with Crippen LogP contribution < -0.4 is 5.73 Å². The van der Waals surface area contributed by atoms with E-state index in [1.807, 2.05) is 0 Å². The first kappa shape index (κ1) is 10.9. The van der Waals surface area contributed by atoms with Gasteiger partial charge < -0.3 is 10.8 Å². The highest BCUT2D eigenvalue weighted by atomic mass is 35.5. The van der Waals surface area contributed by atoms with Crippen LogP contribution in [0, 0.1) is 12.7 Å². The van der Waals surface area contributed by atoms with Crippen molar-refractivity contribution in [2.24, 2.45) is 5.73 Å². The van der Waals surface area contributed by atoms with E-state index in [-0.39, 0.29) is 10.6 Å². The van der Waals surface area contributed by atoms with Gasteiger partial charge >= 0.3 is 5.97 Å². The number of benzene rings is 1. The van der Waals surface area contributed by atoms with Crippen LogP contribution in [0.25, 0.3) is 0 Å². The van der Waals surface area contributed by atoms with E-state index in [1.54, 1.807) is 0 Å². The van der Waals surface area contributed by atoms with Crippen LogP contribution in [-0.2, 0) is 4.79 Å². The maximum absolute atomic E-state index is 13.4. The van der Waals surface area contributed by atoms with E-state index in [4.69, 9.17) is 22.4 Å². The van der Waals surface area contributed by atoms with E-state index in [9.17, 15) is 9.18 Å². The third-order valence-corrected chi connectivity index (χ3v) is 2.23. The summed E-state index contributed by atoms with van der Waals surface area (Å²) >= 11 is 5.66. The molecule has 0 unspecified atom stereocenters. The molecule has 14 heavy (non-hydrogen) atoms. The Morgan fingerprint density at radius 2 is 2.21 bits per heavy atom. The number of rotatable bonds is 2. The van der Waals surface area contributed by atoms with Gasteiger partial charge in [-0.1, -0.05) is 17.7 Å². The Morgan fingerprint density at radius 1 is 1.64 bits per heavy atom. The largest absolute Gasteiger partial charge is 0.480 e. The maximum atomic E-state index is 13.4. The van der Waals surface area contributed by atoms with Gasteiger partial charge in [-0.25, -0.2) is 4.39 Å². The van der Waals surface area contributed by atoms with Crippen LogP contribution in [0.1, 0.15) is 17.2 Å². The van der Waals surface area contributed by atoms with Crippen molar-refractivity contribution >= 4 is 17.6 Å². The molecule has 76 valence electrons. The molecule has 0 aliphatic rings. The number of hydrogen-bond donors (Lipinski definition) is 2. The maximum Gasteiger partial charge on any atom is 0.325 e. The molecule has 0 saturated carbocycles. The predicted molar refractivity (Wildman–Crippen MR) is 50.7 cm³/mol. The van der Waals surface area contributed by atoms with Crippen molar-refractivity contribution in [3.05, 3.63) is 34.1 Å². The lowest BCUT2D eigenvalue weighted by Gasteiger charge is -2.11. The molecule has 1 rings (SSSR count). The van der Waals surface area contributed by atoms with Crippen LogP contribution in [0.4, 0.5) is 4.39 Å². The first-order chi connectivity index (χ1) is 6.45. The minimum absolute atomic E-state index is 0.0306. The zero-order chi connectivity index (χ0) is 10.9. The molecule has 3 N–H and O–H groups in total. The van der Waals surface area contributed by atoms with Crippen LogP contribution in [0.5, 0.6) is 0 Å². The Morgan fingerprint density at radius 3 is 2.71 bits per heavy atom. The quantitative estimate of drug-likeness (QED) is 0.795. The summed E-state index contributed by atoms with van der Waals surface area (Å²) < 4.78 is 13.4. The summed E-state index contributed by atoms with van der Waals surface area (Å²) in [5.74, 6) is -1.97. The van der Waals surface area contributed by atoms with E-state index in [1.165, 1.54) is 19.1 Å². The molecule has 0 fully saturated rings. The van der Waals surface area contributed by atoms with Crippen LogP contribution in [0.15, 0.2) is 12.1 Å². The number of carbonyl (C=O) groups is 1. The van der Waals surface area contributed by atoms with E-state index < -0.39 is 17.8 Å². The van der Waals surface area contributed by atoms with Crippen molar-refractivity contribution in [3.63, 3.8) is 0 Å². The smallest absolute Gasteiger partial charge is 0.325 e. The predicted octanol–water partition coefficient (Wildman–Crippen LogP) is 1.87. The second-order valence-corrected chi connectivity index (χ2v) is 3.32. The molecule has 0 bridgehead atoms. The molecule has 0 aliphatic carbocycles. The van der Waals surface area contributed by atoms with Gasteiger partial charge in [-0.15, -0.1) is 0 Å². The zero-order valence-electron chi connectivity index (χ0n) is 7.42. The Labute approximate surface area is 85.3 Å². The summed E-state index contributed by atoms with van der Waals surface area (Å²) in [6.45, 7) is 1.52. The monoisotopic (exact) mass is 217 g/mol. The molecule has 0 saturated heterocycles. The number of nitrogens with two attached hydrogens (primary N) is 1. The van der Waals surface area contributed by atoms with E-state index in [0.717, 1.165) is 0 Å². The normalized spacial score (nSPS) is 12.6. The fourth-order valence-electron chi connectivity index (χ4n) is 1.09. The summed E-state index contributed by atoms with van der Waals surface area (Å²) in [7, 11) is 0. The Kier molecular flexibility index (Phi) is 3.08. The lowest BCUT2D eigenvalue weighted by atomic mass is 10.0. The van der Waals surface area contributed by atoms with Crippen molar-refractivity contribution in [2.45, 2.75) is 13.0 Å². The molecule has 1 atom stereocenters. The second kappa shape index (κ2) is 3.94. The summed E-state index contributed by atoms with van der Waals surface area (Å²) in [5.41, 5.74) is 5.44. The van der Waals surface area contributed by atoms with E-state index >= 15 is 0 Å². The topological polar surface area (TPSA) is 63.3 Å².